The third kappa shape index (κ3) is 4.33. The Kier molecular flexibility index (Phi) is 5.61. The first-order valence-electron chi connectivity index (χ1n) is 8.75. The van der Waals surface area contributed by atoms with E-state index < -0.39 is 32.7 Å². The fraction of sp³-hybridized carbons (Fsp3) is 0.150. The fourth-order valence-corrected chi connectivity index (χ4v) is 3.18. The molecule has 2 aromatic rings. The van der Waals surface area contributed by atoms with Gasteiger partial charge >= 0.3 is 11.4 Å². The minimum Gasteiger partial charge on any atom is -0.502 e. The summed E-state index contributed by atoms with van der Waals surface area (Å²) in [5.74, 6) is -1.25. The second kappa shape index (κ2) is 8.13. The molecule has 1 aliphatic heterocycles. The van der Waals surface area contributed by atoms with Gasteiger partial charge in [-0.25, -0.2) is 0 Å². The topological polar surface area (TPSA) is 147 Å². The van der Waals surface area contributed by atoms with E-state index in [2.05, 4.69) is 0 Å². The van der Waals surface area contributed by atoms with E-state index in [4.69, 9.17) is 0 Å². The number of benzene rings is 2. The van der Waals surface area contributed by atoms with Crippen molar-refractivity contribution in [3.8, 4) is 11.5 Å². The zero-order chi connectivity index (χ0) is 22.0. The number of piperidine rings is 1. The number of nitro groups is 2. The summed E-state index contributed by atoms with van der Waals surface area (Å²) >= 11 is 0. The van der Waals surface area contributed by atoms with E-state index >= 15 is 0 Å². The van der Waals surface area contributed by atoms with Gasteiger partial charge in [-0.1, -0.05) is 0 Å². The number of carbonyl (C=O) groups excluding carboxylic acids is 1. The molecule has 0 bridgehead atoms. The number of aromatic hydroxyl groups is 2. The lowest BCUT2D eigenvalue weighted by atomic mass is 9.94. The van der Waals surface area contributed by atoms with E-state index in [0.29, 0.717) is 35.4 Å². The molecule has 0 atom stereocenters. The summed E-state index contributed by atoms with van der Waals surface area (Å²) in [6.45, 7) is 0.666. The zero-order valence-electron chi connectivity index (χ0n) is 15.8. The molecular weight excluding hydrogens is 394 g/mol. The van der Waals surface area contributed by atoms with Crippen molar-refractivity contribution in [1.82, 2.24) is 4.90 Å². The molecule has 1 fully saturated rings. The number of Topliss-reactive ketones (excluding diaryl/α,β-unsaturated/α-hetero) is 1. The molecule has 0 unspecified atom stereocenters. The minimum atomic E-state index is -0.702. The molecule has 0 spiro atoms. The third-order valence-electron chi connectivity index (χ3n) is 4.54. The first kappa shape index (κ1) is 20.7. The number of likely N-dealkylation sites (tertiary alicyclic amines) is 1. The van der Waals surface area contributed by atoms with E-state index in [0.717, 1.165) is 12.1 Å². The van der Waals surface area contributed by atoms with Gasteiger partial charge in [-0.05, 0) is 54.6 Å². The highest BCUT2D eigenvalue weighted by atomic mass is 16.6. The average Bonchev–Trinajstić information content (AvgIpc) is 2.65. The van der Waals surface area contributed by atoms with Crippen LogP contribution in [-0.2, 0) is 4.79 Å². The van der Waals surface area contributed by atoms with Crippen LogP contribution in [-0.4, -0.2) is 50.9 Å². The third-order valence-corrected chi connectivity index (χ3v) is 4.54. The van der Waals surface area contributed by atoms with Gasteiger partial charge in [0.15, 0.2) is 17.3 Å². The van der Waals surface area contributed by atoms with Crippen LogP contribution >= 0.6 is 0 Å². The second-order valence-electron chi connectivity index (χ2n) is 6.85. The quantitative estimate of drug-likeness (QED) is 0.443. The molecule has 30 heavy (non-hydrogen) atoms. The number of nitro benzene ring substituents is 2. The molecule has 2 aromatic carbocycles. The molecule has 0 amide bonds. The molecule has 3 rings (SSSR count). The Morgan fingerprint density at radius 3 is 1.60 bits per heavy atom. The predicted octanol–water partition coefficient (Wildman–Crippen LogP) is 2.90. The first-order valence-corrected chi connectivity index (χ1v) is 8.75. The van der Waals surface area contributed by atoms with Crippen molar-refractivity contribution in [1.29, 1.82) is 0 Å². The predicted molar refractivity (Wildman–Crippen MR) is 108 cm³/mol. The number of phenols is 2. The molecule has 2 N–H and O–H groups in total. The Morgan fingerprint density at radius 2 is 1.27 bits per heavy atom. The Balaban J connectivity index is 1.93. The molecule has 0 saturated carbocycles. The largest absolute Gasteiger partial charge is 0.502 e. The summed E-state index contributed by atoms with van der Waals surface area (Å²) < 4.78 is 0. The summed E-state index contributed by atoms with van der Waals surface area (Å²) in [5, 5.41) is 41.2. The van der Waals surface area contributed by atoms with Crippen molar-refractivity contribution < 1.29 is 24.9 Å². The first-order chi connectivity index (χ1) is 14.2. The van der Waals surface area contributed by atoms with Crippen LogP contribution in [0.25, 0.3) is 12.2 Å². The molecule has 0 aromatic heterocycles. The maximum atomic E-state index is 12.9. The van der Waals surface area contributed by atoms with Gasteiger partial charge in [0.25, 0.3) is 0 Å². The van der Waals surface area contributed by atoms with Crippen LogP contribution in [0.2, 0.25) is 0 Å². The van der Waals surface area contributed by atoms with Gasteiger partial charge in [0.1, 0.15) is 0 Å². The lowest BCUT2D eigenvalue weighted by molar-refractivity contribution is -0.386. The van der Waals surface area contributed by atoms with E-state index in [-0.39, 0.29) is 5.78 Å². The highest BCUT2D eigenvalue weighted by Crippen LogP contribution is 2.30. The van der Waals surface area contributed by atoms with Crippen molar-refractivity contribution in [2.75, 3.05) is 20.1 Å². The summed E-state index contributed by atoms with van der Waals surface area (Å²) in [6.07, 6.45) is 3.09. The SMILES string of the molecule is CN1C/C(=C\c2ccc([N+](=O)[O-])c(O)c2)C(=O)/C(=C/c2ccc([N+](=O)[O-])c(O)c2)C1. The molecule has 1 heterocycles. The number of rotatable bonds is 4. The standard InChI is InChI=1S/C20H17N3O7/c1-21-10-14(6-12-2-4-16(22(27)28)18(24)8-12)20(26)15(11-21)7-13-3-5-17(23(29)30)19(25)9-13/h2-9,24-25H,10-11H2,1H3/b14-6+,15-7+. The number of likely N-dealkylation sites (N-methyl/N-ethyl adjacent to an activating group) is 1. The van der Waals surface area contributed by atoms with Crippen LogP contribution in [0.3, 0.4) is 0 Å². The monoisotopic (exact) mass is 411 g/mol. The molecule has 10 nitrogen and oxygen atoms in total. The van der Waals surface area contributed by atoms with Gasteiger partial charge in [0, 0.05) is 36.4 Å². The van der Waals surface area contributed by atoms with E-state index in [1.807, 2.05) is 4.90 Å². The van der Waals surface area contributed by atoms with Gasteiger partial charge in [-0.2, -0.15) is 0 Å². The number of hydrogen-bond donors (Lipinski definition) is 2. The van der Waals surface area contributed by atoms with E-state index in [9.17, 15) is 35.2 Å². The van der Waals surface area contributed by atoms with Crippen molar-refractivity contribution in [3.05, 3.63) is 78.9 Å². The lowest BCUT2D eigenvalue weighted by Gasteiger charge is -2.26. The number of phenolic OH excluding ortho intramolecular Hbond substituents is 2. The van der Waals surface area contributed by atoms with Crippen molar-refractivity contribution in [3.63, 3.8) is 0 Å². The maximum absolute atomic E-state index is 12.9. The van der Waals surface area contributed by atoms with Crippen LogP contribution < -0.4 is 0 Å². The normalized spacial score (nSPS) is 17.4. The van der Waals surface area contributed by atoms with Crippen molar-refractivity contribution >= 4 is 29.3 Å². The molecule has 1 saturated heterocycles. The summed E-state index contributed by atoms with van der Waals surface area (Å²) in [5.41, 5.74) is 0.836. The number of carbonyl (C=O) groups is 1. The maximum Gasteiger partial charge on any atom is 0.310 e. The molecule has 0 radical (unpaired) electrons. The highest BCUT2D eigenvalue weighted by molar-refractivity contribution is 6.14. The van der Waals surface area contributed by atoms with E-state index in [1.54, 1.807) is 19.2 Å². The van der Waals surface area contributed by atoms with Crippen molar-refractivity contribution in [2.24, 2.45) is 0 Å². The van der Waals surface area contributed by atoms with Crippen LogP contribution in [0, 0.1) is 20.2 Å². The Labute approximate surface area is 170 Å². The highest BCUT2D eigenvalue weighted by Gasteiger charge is 2.24. The minimum absolute atomic E-state index is 0.260. The molecular formula is C20H17N3O7. The van der Waals surface area contributed by atoms with Gasteiger partial charge in [-0.15, -0.1) is 0 Å². The number of hydrogen-bond acceptors (Lipinski definition) is 8. The van der Waals surface area contributed by atoms with Gasteiger partial charge in [0.2, 0.25) is 0 Å². The van der Waals surface area contributed by atoms with E-state index in [1.165, 1.54) is 24.3 Å². The smallest absolute Gasteiger partial charge is 0.310 e. The van der Waals surface area contributed by atoms with Gasteiger partial charge in [0.05, 0.1) is 9.85 Å². The average molecular weight is 411 g/mol. The Hall–Kier alpha value is -4.05. The zero-order valence-corrected chi connectivity index (χ0v) is 15.8. The van der Waals surface area contributed by atoms with Gasteiger partial charge < -0.3 is 10.2 Å². The Bertz CT molecular complexity index is 1040. The molecule has 154 valence electrons. The summed E-state index contributed by atoms with van der Waals surface area (Å²) in [7, 11) is 1.80. The molecule has 0 aliphatic carbocycles. The second-order valence-corrected chi connectivity index (χ2v) is 6.85. The van der Waals surface area contributed by atoms with Crippen LogP contribution in [0.5, 0.6) is 11.5 Å². The number of ketones is 1. The fourth-order valence-electron chi connectivity index (χ4n) is 3.18. The summed E-state index contributed by atoms with van der Waals surface area (Å²) in [6, 6.07) is 7.62. The molecule has 1 aliphatic rings. The Morgan fingerprint density at radius 1 is 0.867 bits per heavy atom. The lowest BCUT2D eigenvalue weighted by Crippen LogP contribution is -2.34. The van der Waals surface area contributed by atoms with Crippen molar-refractivity contribution in [2.45, 2.75) is 0 Å². The molecule has 10 heteroatoms. The van der Waals surface area contributed by atoms with Crippen LogP contribution in [0.15, 0.2) is 47.5 Å². The summed E-state index contributed by atoms with van der Waals surface area (Å²) in [4.78, 5) is 35.0. The number of nitrogens with zero attached hydrogens (tertiary/aromatic N) is 3. The van der Waals surface area contributed by atoms with Crippen LogP contribution in [0.4, 0.5) is 11.4 Å². The van der Waals surface area contributed by atoms with Gasteiger partial charge in [-0.3, -0.25) is 29.9 Å². The van der Waals surface area contributed by atoms with Crippen LogP contribution in [0.1, 0.15) is 11.1 Å².